The standard InChI is InChI=1S/C14H23N3O/c1-17(11-9-15)12-14(18)16-10-5-8-13-6-3-2-4-7-13/h2-4,6-7H,5,8-12,15H2,1H3,(H,16,18). The molecule has 0 bridgehead atoms. The van der Waals surface area contributed by atoms with Gasteiger partial charge in [-0.05, 0) is 25.5 Å². The van der Waals surface area contributed by atoms with Gasteiger partial charge < -0.3 is 11.1 Å². The van der Waals surface area contributed by atoms with Crippen LogP contribution in [0.2, 0.25) is 0 Å². The first-order valence-electron chi connectivity index (χ1n) is 6.41. The summed E-state index contributed by atoms with van der Waals surface area (Å²) in [6, 6.07) is 10.3. The van der Waals surface area contributed by atoms with Gasteiger partial charge in [-0.15, -0.1) is 0 Å². The van der Waals surface area contributed by atoms with Gasteiger partial charge in [0, 0.05) is 19.6 Å². The number of nitrogens with one attached hydrogen (secondary N) is 1. The highest BCUT2D eigenvalue weighted by molar-refractivity contribution is 5.77. The molecule has 0 spiro atoms. The Morgan fingerprint density at radius 3 is 2.72 bits per heavy atom. The highest BCUT2D eigenvalue weighted by atomic mass is 16.2. The minimum Gasteiger partial charge on any atom is -0.355 e. The summed E-state index contributed by atoms with van der Waals surface area (Å²) in [7, 11) is 1.90. The van der Waals surface area contributed by atoms with Crippen LogP contribution < -0.4 is 11.1 Å². The molecule has 1 rings (SSSR count). The number of nitrogens with zero attached hydrogens (tertiary/aromatic N) is 1. The minimum absolute atomic E-state index is 0.0685. The Morgan fingerprint density at radius 2 is 2.06 bits per heavy atom. The van der Waals surface area contributed by atoms with Crippen LogP contribution in [0.15, 0.2) is 30.3 Å². The van der Waals surface area contributed by atoms with Gasteiger partial charge in [0.25, 0.3) is 0 Å². The molecule has 1 aromatic rings. The summed E-state index contributed by atoms with van der Waals surface area (Å²) in [5.41, 5.74) is 6.73. The lowest BCUT2D eigenvalue weighted by Gasteiger charge is -2.14. The first-order chi connectivity index (χ1) is 8.72. The number of carbonyl (C=O) groups excluding carboxylic acids is 1. The van der Waals surface area contributed by atoms with Crippen LogP contribution in [0.4, 0.5) is 0 Å². The fourth-order valence-electron chi connectivity index (χ4n) is 1.77. The second kappa shape index (κ2) is 8.66. The van der Waals surface area contributed by atoms with Crippen molar-refractivity contribution in [1.82, 2.24) is 10.2 Å². The number of aryl methyl sites for hydroxylation is 1. The summed E-state index contributed by atoms with van der Waals surface area (Å²) in [6.07, 6.45) is 1.97. The van der Waals surface area contributed by atoms with Crippen molar-refractivity contribution in [2.24, 2.45) is 5.73 Å². The third-order valence-corrected chi connectivity index (χ3v) is 2.73. The van der Waals surface area contributed by atoms with E-state index in [9.17, 15) is 4.79 Å². The summed E-state index contributed by atoms with van der Waals surface area (Å²) < 4.78 is 0. The van der Waals surface area contributed by atoms with Gasteiger partial charge in [0.1, 0.15) is 0 Å². The molecule has 0 saturated heterocycles. The molecule has 1 aromatic carbocycles. The van der Waals surface area contributed by atoms with Crippen LogP contribution in [0.1, 0.15) is 12.0 Å². The van der Waals surface area contributed by atoms with E-state index in [1.165, 1.54) is 5.56 Å². The molecular formula is C14H23N3O. The lowest BCUT2D eigenvalue weighted by molar-refractivity contribution is -0.121. The molecule has 0 fully saturated rings. The SMILES string of the molecule is CN(CCN)CC(=O)NCCCc1ccccc1. The van der Waals surface area contributed by atoms with Crippen LogP contribution in [-0.2, 0) is 11.2 Å². The van der Waals surface area contributed by atoms with Gasteiger partial charge in [-0.1, -0.05) is 30.3 Å². The molecule has 4 nitrogen and oxygen atoms in total. The van der Waals surface area contributed by atoms with E-state index in [4.69, 9.17) is 5.73 Å². The van der Waals surface area contributed by atoms with Crippen molar-refractivity contribution in [2.45, 2.75) is 12.8 Å². The molecule has 100 valence electrons. The third kappa shape index (κ3) is 6.37. The predicted octanol–water partition coefficient (Wildman–Crippen LogP) is 0.626. The van der Waals surface area contributed by atoms with Gasteiger partial charge in [-0.2, -0.15) is 0 Å². The highest BCUT2D eigenvalue weighted by Gasteiger charge is 2.04. The van der Waals surface area contributed by atoms with Crippen molar-refractivity contribution in [3.63, 3.8) is 0 Å². The van der Waals surface area contributed by atoms with Crippen molar-refractivity contribution >= 4 is 5.91 Å². The van der Waals surface area contributed by atoms with Crippen molar-refractivity contribution in [1.29, 1.82) is 0 Å². The Morgan fingerprint density at radius 1 is 1.33 bits per heavy atom. The summed E-state index contributed by atoms with van der Waals surface area (Å²) >= 11 is 0. The zero-order chi connectivity index (χ0) is 13.2. The Hall–Kier alpha value is -1.39. The van der Waals surface area contributed by atoms with Gasteiger partial charge in [-0.25, -0.2) is 0 Å². The molecule has 4 heteroatoms. The molecular weight excluding hydrogens is 226 g/mol. The average Bonchev–Trinajstić information content (AvgIpc) is 2.36. The minimum atomic E-state index is 0.0685. The van der Waals surface area contributed by atoms with Crippen LogP contribution in [0.3, 0.4) is 0 Å². The molecule has 0 saturated carbocycles. The number of likely N-dealkylation sites (N-methyl/N-ethyl adjacent to an activating group) is 1. The zero-order valence-corrected chi connectivity index (χ0v) is 11.1. The Bertz CT molecular complexity index is 340. The van der Waals surface area contributed by atoms with E-state index in [2.05, 4.69) is 17.4 Å². The maximum atomic E-state index is 11.5. The van der Waals surface area contributed by atoms with Gasteiger partial charge >= 0.3 is 0 Å². The molecule has 1 amide bonds. The fraction of sp³-hybridized carbons (Fsp3) is 0.500. The molecule has 0 aliphatic heterocycles. The molecule has 0 radical (unpaired) electrons. The Kier molecular flexibility index (Phi) is 7.06. The fourth-order valence-corrected chi connectivity index (χ4v) is 1.77. The number of hydrogen-bond acceptors (Lipinski definition) is 3. The largest absolute Gasteiger partial charge is 0.355 e. The smallest absolute Gasteiger partial charge is 0.234 e. The number of hydrogen-bond donors (Lipinski definition) is 2. The number of carbonyl (C=O) groups is 1. The first kappa shape index (κ1) is 14.7. The van der Waals surface area contributed by atoms with Gasteiger partial charge in [0.15, 0.2) is 0 Å². The van der Waals surface area contributed by atoms with Crippen LogP contribution >= 0.6 is 0 Å². The van der Waals surface area contributed by atoms with E-state index in [0.29, 0.717) is 13.1 Å². The quantitative estimate of drug-likeness (QED) is 0.664. The highest BCUT2D eigenvalue weighted by Crippen LogP contribution is 2.01. The Labute approximate surface area is 109 Å². The molecule has 0 aliphatic carbocycles. The third-order valence-electron chi connectivity index (χ3n) is 2.73. The van der Waals surface area contributed by atoms with Crippen molar-refractivity contribution < 1.29 is 4.79 Å². The summed E-state index contributed by atoms with van der Waals surface area (Å²) in [4.78, 5) is 13.5. The van der Waals surface area contributed by atoms with E-state index in [0.717, 1.165) is 25.9 Å². The van der Waals surface area contributed by atoms with Crippen LogP contribution in [0.25, 0.3) is 0 Å². The molecule has 3 N–H and O–H groups in total. The lowest BCUT2D eigenvalue weighted by atomic mass is 10.1. The van der Waals surface area contributed by atoms with Crippen molar-refractivity contribution in [3.8, 4) is 0 Å². The first-order valence-corrected chi connectivity index (χ1v) is 6.41. The second-order valence-corrected chi connectivity index (χ2v) is 4.47. The molecule has 0 atom stereocenters. The Balaban J connectivity index is 2.09. The molecule has 0 aliphatic rings. The summed E-state index contributed by atoms with van der Waals surface area (Å²) in [6.45, 7) is 2.47. The predicted molar refractivity (Wildman–Crippen MR) is 74.3 cm³/mol. The monoisotopic (exact) mass is 249 g/mol. The van der Waals surface area contributed by atoms with Crippen molar-refractivity contribution in [3.05, 3.63) is 35.9 Å². The van der Waals surface area contributed by atoms with Gasteiger partial charge in [0.05, 0.1) is 6.54 Å². The van der Waals surface area contributed by atoms with E-state index in [-0.39, 0.29) is 5.91 Å². The van der Waals surface area contributed by atoms with E-state index >= 15 is 0 Å². The maximum absolute atomic E-state index is 11.5. The molecule has 0 heterocycles. The van der Waals surface area contributed by atoms with E-state index < -0.39 is 0 Å². The van der Waals surface area contributed by atoms with Gasteiger partial charge in [0.2, 0.25) is 5.91 Å². The maximum Gasteiger partial charge on any atom is 0.234 e. The molecule has 0 aromatic heterocycles. The normalized spacial score (nSPS) is 10.6. The van der Waals surface area contributed by atoms with Crippen molar-refractivity contribution in [2.75, 3.05) is 33.2 Å². The van der Waals surface area contributed by atoms with Crippen LogP contribution in [-0.4, -0.2) is 44.0 Å². The van der Waals surface area contributed by atoms with Crippen LogP contribution in [0.5, 0.6) is 0 Å². The number of rotatable bonds is 8. The zero-order valence-electron chi connectivity index (χ0n) is 11.1. The average molecular weight is 249 g/mol. The molecule has 0 unspecified atom stereocenters. The lowest BCUT2D eigenvalue weighted by Crippen LogP contribution is -2.37. The van der Waals surface area contributed by atoms with Crippen LogP contribution in [0, 0.1) is 0 Å². The summed E-state index contributed by atoms with van der Waals surface area (Å²) in [5, 5.41) is 2.92. The molecule has 18 heavy (non-hydrogen) atoms. The second-order valence-electron chi connectivity index (χ2n) is 4.47. The van der Waals surface area contributed by atoms with Gasteiger partial charge in [-0.3, -0.25) is 9.69 Å². The van der Waals surface area contributed by atoms with E-state index in [1.54, 1.807) is 0 Å². The number of benzene rings is 1. The summed E-state index contributed by atoms with van der Waals surface area (Å²) in [5.74, 6) is 0.0685. The number of nitrogens with two attached hydrogens (primary N) is 1. The van der Waals surface area contributed by atoms with E-state index in [1.807, 2.05) is 30.1 Å². The number of amides is 1. The topological polar surface area (TPSA) is 58.4 Å².